The number of carbonyl (C=O) groups excluding carboxylic acids is 3. The number of hydrogen-bond donors (Lipinski definition) is 1. The molecular formula is C33H45N3O5. The molecular weight excluding hydrogens is 518 g/mol. The van der Waals surface area contributed by atoms with Crippen LogP contribution in [-0.2, 0) is 19.1 Å². The molecule has 3 aliphatic heterocycles. The van der Waals surface area contributed by atoms with Crippen LogP contribution in [0.15, 0.2) is 55.6 Å². The quantitative estimate of drug-likeness (QED) is 0.288. The van der Waals surface area contributed by atoms with Crippen molar-refractivity contribution in [2.24, 2.45) is 11.8 Å². The van der Waals surface area contributed by atoms with Gasteiger partial charge in [0, 0.05) is 38.0 Å². The molecule has 41 heavy (non-hydrogen) atoms. The van der Waals surface area contributed by atoms with Crippen molar-refractivity contribution in [2.45, 2.75) is 88.0 Å². The molecule has 1 saturated carbocycles. The van der Waals surface area contributed by atoms with Crippen LogP contribution in [-0.4, -0.2) is 82.7 Å². The molecule has 1 spiro atoms. The molecule has 1 N–H and O–H groups in total. The number of amides is 3. The minimum absolute atomic E-state index is 0.0745. The van der Waals surface area contributed by atoms with Crippen LogP contribution in [0.1, 0.15) is 64.2 Å². The summed E-state index contributed by atoms with van der Waals surface area (Å²) in [6.07, 6.45) is 11.6. The molecule has 222 valence electrons. The summed E-state index contributed by atoms with van der Waals surface area (Å²) in [7, 11) is 0. The van der Waals surface area contributed by atoms with E-state index in [1.54, 1.807) is 22.0 Å². The van der Waals surface area contributed by atoms with Crippen molar-refractivity contribution in [1.82, 2.24) is 9.80 Å². The number of unbranched alkanes of at least 4 members (excludes halogenated alkanes) is 2. The van der Waals surface area contributed by atoms with Gasteiger partial charge < -0.3 is 24.5 Å². The van der Waals surface area contributed by atoms with E-state index >= 15 is 0 Å². The van der Waals surface area contributed by atoms with Crippen molar-refractivity contribution in [3.8, 4) is 0 Å². The first-order valence-electron chi connectivity index (χ1n) is 15.5. The molecule has 8 nitrogen and oxygen atoms in total. The summed E-state index contributed by atoms with van der Waals surface area (Å²) in [6.45, 7) is 9.05. The van der Waals surface area contributed by atoms with Gasteiger partial charge in [0.2, 0.25) is 17.7 Å². The molecule has 5 rings (SSSR count). The zero-order valence-electron chi connectivity index (χ0n) is 24.2. The van der Waals surface area contributed by atoms with E-state index in [0.29, 0.717) is 45.3 Å². The van der Waals surface area contributed by atoms with Crippen molar-refractivity contribution in [3.05, 3.63) is 55.6 Å². The van der Waals surface area contributed by atoms with E-state index < -0.39 is 29.6 Å². The Morgan fingerprint density at radius 3 is 2.41 bits per heavy atom. The fourth-order valence-corrected chi connectivity index (χ4v) is 7.87. The number of likely N-dealkylation sites (tertiary alicyclic amines) is 1. The highest BCUT2D eigenvalue weighted by Crippen LogP contribution is 2.59. The van der Waals surface area contributed by atoms with E-state index in [0.717, 1.165) is 37.8 Å². The number of anilines is 1. The van der Waals surface area contributed by atoms with Crippen LogP contribution < -0.4 is 4.90 Å². The highest BCUT2D eigenvalue weighted by Gasteiger charge is 2.75. The van der Waals surface area contributed by atoms with E-state index in [1.807, 2.05) is 35.2 Å². The summed E-state index contributed by atoms with van der Waals surface area (Å²) in [6, 6.07) is 8.82. The van der Waals surface area contributed by atoms with Gasteiger partial charge in [-0.1, -0.05) is 49.6 Å². The van der Waals surface area contributed by atoms with Gasteiger partial charge in [-0.25, -0.2) is 0 Å². The predicted molar refractivity (Wildman–Crippen MR) is 158 cm³/mol. The van der Waals surface area contributed by atoms with Crippen molar-refractivity contribution >= 4 is 23.4 Å². The molecule has 0 aromatic heterocycles. The summed E-state index contributed by atoms with van der Waals surface area (Å²) in [4.78, 5) is 48.6. The monoisotopic (exact) mass is 563 g/mol. The van der Waals surface area contributed by atoms with Crippen molar-refractivity contribution in [2.75, 3.05) is 31.1 Å². The van der Waals surface area contributed by atoms with Crippen LogP contribution in [0, 0.1) is 11.8 Å². The average molecular weight is 564 g/mol. The smallest absolute Gasteiger partial charge is 0.248 e. The Bertz CT molecular complexity index is 1120. The fourth-order valence-electron chi connectivity index (χ4n) is 7.87. The van der Waals surface area contributed by atoms with Crippen LogP contribution in [0.2, 0.25) is 0 Å². The Hall–Kier alpha value is -2.97. The van der Waals surface area contributed by atoms with E-state index in [9.17, 15) is 19.5 Å². The Labute approximate surface area is 244 Å². The maximum atomic E-state index is 14.6. The average Bonchev–Trinajstić information content (AvgIpc) is 3.64. The Morgan fingerprint density at radius 2 is 1.73 bits per heavy atom. The lowest BCUT2D eigenvalue weighted by molar-refractivity contribution is -0.150. The van der Waals surface area contributed by atoms with Crippen LogP contribution >= 0.6 is 0 Å². The number of hydrogen-bond acceptors (Lipinski definition) is 5. The SMILES string of the molecule is C=CCN(C(=O)[C@@H]1[C@H]2C(=O)N(CCCCCO)C(C(=O)N(CC=C)C3CCCCC3)C23CC[C@H]1O3)c1ccccc1. The number of ether oxygens (including phenoxy) is 1. The van der Waals surface area contributed by atoms with Crippen molar-refractivity contribution in [1.29, 1.82) is 0 Å². The van der Waals surface area contributed by atoms with E-state index in [1.165, 1.54) is 6.42 Å². The zero-order valence-corrected chi connectivity index (χ0v) is 24.2. The molecule has 2 bridgehead atoms. The van der Waals surface area contributed by atoms with Crippen LogP contribution in [0.4, 0.5) is 5.69 Å². The first-order valence-corrected chi connectivity index (χ1v) is 15.5. The standard InChI is InChI=1S/C33H45N3O5/c1-3-20-34(24-14-8-5-9-15-24)30(38)27-26-18-19-33(41-26)28(27)31(39)36(22-12-7-13-23-37)29(33)32(40)35(21-4-2)25-16-10-6-11-17-25/h3-5,8-9,14-15,25-29,37H,1-2,6-7,10-13,16-23H2/t26-,27+,28+,29?,33?/m1/s1. The molecule has 1 aromatic rings. The largest absolute Gasteiger partial charge is 0.396 e. The number of para-hydroxylation sites is 1. The highest BCUT2D eigenvalue weighted by molar-refractivity contribution is 6.03. The number of nitrogens with zero attached hydrogens (tertiary/aromatic N) is 3. The van der Waals surface area contributed by atoms with Crippen LogP contribution in [0.3, 0.4) is 0 Å². The molecule has 4 aliphatic rings. The van der Waals surface area contributed by atoms with Crippen LogP contribution in [0.5, 0.6) is 0 Å². The number of benzene rings is 1. The second-order valence-electron chi connectivity index (χ2n) is 12.0. The predicted octanol–water partition coefficient (Wildman–Crippen LogP) is 4.09. The van der Waals surface area contributed by atoms with E-state index in [-0.39, 0.29) is 30.4 Å². The molecule has 3 heterocycles. The molecule has 0 radical (unpaired) electrons. The van der Waals surface area contributed by atoms with Crippen LogP contribution in [0.25, 0.3) is 0 Å². The maximum Gasteiger partial charge on any atom is 0.248 e. The lowest BCUT2D eigenvalue weighted by Crippen LogP contribution is -2.58. The van der Waals surface area contributed by atoms with Gasteiger partial charge in [-0.05, 0) is 57.1 Å². The molecule has 1 aliphatic carbocycles. The maximum absolute atomic E-state index is 14.6. The fraction of sp³-hybridized carbons (Fsp3) is 0.606. The third kappa shape index (κ3) is 5.37. The molecule has 1 aromatic carbocycles. The minimum Gasteiger partial charge on any atom is -0.396 e. The summed E-state index contributed by atoms with van der Waals surface area (Å²) < 4.78 is 6.71. The molecule has 8 heteroatoms. The number of aliphatic hydroxyl groups excluding tert-OH is 1. The Morgan fingerprint density at radius 1 is 1.00 bits per heavy atom. The van der Waals surface area contributed by atoms with Gasteiger partial charge in [0.15, 0.2) is 0 Å². The molecule has 4 fully saturated rings. The van der Waals surface area contributed by atoms with Gasteiger partial charge in [0.25, 0.3) is 0 Å². The van der Waals surface area contributed by atoms with E-state index in [2.05, 4.69) is 13.2 Å². The van der Waals surface area contributed by atoms with Crippen molar-refractivity contribution in [3.63, 3.8) is 0 Å². The Kier molecular flexibility index (Phi) is 9.29. The van der Waals surface area contributed by atoms with Gasteiger partial charge in [-0.2, -0.15) is 0 Å². The molecule has 5 atom stereocenters. The first kappa shape index (κ1) is 29.5. The van der Waals surface area contributed by atoms with Gasteiger partial charge in [0.05, 0.1) is 17.9 Å². The highest BCUT2D eigenvalue weighted by atomic mass is 16.5. The molecule has 3 amide bonds. The summed E-state index contributed by atoms with van der Waals surface area (Å²) in [5.41, 5.74) is -0.261. The lowest BCUT2D eigenvalue weighted by atomic mass is 9.70. The normalized spacial score (nSPS) is 28.9. The zero-order chi connectivity index (χ0) is 29.0. The summed E-state index contributed by atoms with van der Waals surface area (Å²) >= 11 is 0. The number of carbonyl (C=O) groups is 3. The van der Waals surface area contributed by atoms with E-state index in [4.69, 9.17) is 4.74 Å². The summed E-state index contributed by atoms with van der Waals surface area (Å²) in [5.74, 6) is -1.73. The minimum atomic E-state index is -1.01. The first-order chi connectivity index (χ1) is 20.0. The number of fused-ring (bicyclic) bond motifs is 1. The summed E-state index contributed by atoms with van der Waals surface area (Å²) in [5, 5.41) is 9.31. The van der Waals surface area contributed by atoms with Gasteiger partial charge in [-0.3, -0.25) is 14.4 Å². The second kappa shape index (κ2) is 12.9. The van der Waals surface area contributed by atoms with Gasteiger partial charge in [0.1, 0.15) is 11.6 Å². The Balaban J connectivity index is 1.50. The number of aliphatic hydroxyl groups is 1. The van der Waals surface area contributed by atoms with Gasteiger partial charge in [-0.15, -0.1) is 13.2 Å². The van der Waals surface area contributed by atoms with Crippen molar-refractivity contribution < 1.29 is 24.2 Å². The third-order valence-electron chi connectivity index (χ3n) is 9.65. The third-order valence-corrected chi connectivity index (χ3v) is 9.65. The van der Waals surface area contributed by atoms with Gasteiger partial charge >= 0.3 is 0 Å². The molecule has 2 unspecified atom stereocenters. The topological polar surface area (TPSA) is 90.4 Å². The second-order valence-corrected chi connectivity index (χ2v) is 12.0. The lowest BCUT2D eigenvalue weighted by Gasteiger charge is -2.40. The molecule has 3 saturated heterocycles. The number of rotatable bonds is 13.